The molecule has 2 N–H and O–H groups in total. The normalized spacial score (nSPS) is 27.6. The van der Waals surface area contributed by atoms with Crippen LogP contribution in [-0.2, 0) is 17.7 Å². The number of nitrogens with zero attached hydrogens (tertiary/aromatic N) is 1. The van der Waals surface area contributed by atoms with Crippen LogP contribution >= 0.6 is 0 Å². The average molecular weight is 806 g/mol. The Kier molecular flexibility index (Phi) is 12.8. The van der Waals surface area contributed by atoms with Gasteiger partial charge >= 0.3 is 6.09 Å². The molecule has 2 saturated carbocycles. The van der Waals surface area contributed by atoms with E-state index >= 15 is 0 Å². The zero-order valence-electron chi connectivity index (χ0n) is 35.4. The Labute approximate surface area is 348 Å². The second-order valence-electron chi connectivity index (χ2n) is 18.6. The van der Waals surface area contributed by atoms with E-state index in [4.69, 9.17) is 4.74 Å². The van der Waals surface area contributed by atoms with Gasteiger partial charge in [-0.25, -0.2) is 13.6 Å². The van der Waals surface area contributed by atoms with E-state index in [0.717, 1.165) is 58.9 Å². The topological polar surface area (TPSA) is 87.1 Å². The van der Waals surface area contributed by atoms with Crippen molar-refractivity contribution in [3.05, 3.63) is 130 Å². The summed E-state index contributed by atoms with van der Waals surface area (Å²) in [5.41, 5.74) is 1.75. The van der Waals surface area contributed by atoms with Crippen molar-refractivity contribution in [1.82, 2.24) is 4.90 Å². The molecule has 2 fully saturated rings. The summed E-state index contributed by atoms with van der Waals surface area (Å²) in [6.45, 7) is 11.0. The first-order valence-electron chi connectivity index (χ1n) is 21.8. The number of carbonyl (C=O) groups excluding carboxylic acids is 2. The lowest BCUT2D eigenvalue weighted by Gasteiger charge is -2.46. The molecule has 8 heteroatoms. The third-order valence-corrected chi connectivity index (χ3v) is 14.3. The number of halogens is 2. The van der Waals surface area contributed by atoms with Crippen molar-refractivity contribution in [1.29, 1.82) is 0 Å². The number of rotatable bonds is 8. The van der Waals surface area contributed by atoms with Crippen molar-refractivity contribution in [2.45, 2.75) is 129 Å². The Morgan fingerprint density at radius 2 is 1.71 bits per heavy atom. The molecule has 4 aliphatic rings. The van der Waals surface area contributed by atoms with Crippen molar-refractivity contribution in [3.63, 3.8) is 0 Å². The molecule has 59 heavy (non-hydrogen) atoms. The minimum atomic E-state index is -1.39. The number of carbonyl (C=O) groups is 2. The zero-order valence-corrected chi connectivity index (χ0v) is 35.4. The Morgan fingerprint density at radius 1 is 0.932 bits per heavy atom. The van der Waals surface area contributed by atoms with Gasteiger partial charge in [0.25, 0.3) is 0 Å². The van der Waals surface area contributed by atoms with Gasteiger partial charge in [-0.2, -0.15) is 0 Å². The molecular weight excluding hydrogens is 745 g/mol. The van der Waals surface area contributed by atoms with Gasteiger partial charge < -0.3 is 19.8 Å². The minimum Gasteiger partial charge on any atom is -0.446 e. The van der Waals surface area contributed by atoms with Gasteiger partial charge in [0.1, 0.15) is 6.10 Å². The highest BCUT2D eigenvalue weighted by atomic mass is 19.2. The van der Waals surface area contributed by atoms with E-state index in [2.05, 4.69) is 58.9 Å². The van der Waals surface area contributed by atoms with Gasteiger partial charge in [0.15, 0.2) is 17.4 Å². The molecule has 8 rings (SSSR count). The predicted octanol–water partition coefficient (Wildman–Crippen LogP) is 11.5. The summed E-state index contributed by atoms with van der Waals surface area (Å²) in [5, 5.41) is 26.4. The summed E-state index contributed by atoms with van der Waals surface area (Å²) in [5.74, 6) is -1.87. The van der Waals surface area contributed by atoms with E-state index < -0.39 is 40.6 Å². The van der Waals surface area contributed by atoms with Gasteiger partial charge in [0, 0.05) is 23.1 Å². The van der Waals surface area contributed by atoms with Crippen LogP contribution in [0.2, 0.25) is 0 Å². The number of hydrogen-bond donors (Lipinski definition) is 2. The lowest BCUT2D eigenvalue weighted by atomic mass is 9.64. The summed E-state index contributed by atoms with van der Waals surface area (Å²) in [7, 11) is 0. The number of ketones is 1. The van der Waals surface area contributed by atoms with Gasteiger partial charge in [0.05, 0.1) is 18.2 Å². The number of hydrogen-bond acceptors (Lipinski definition) is 5. The third kappa shape index (κ3) is 9.05. The monoisotopic (exact) mass is 805 g/mol. The van der Waals surface area contributed by atoms with Crippen LogP contribution in [0.3, 0.4) is 0 Å². The van der Waals surface area contributed by atoms with Crippen LogP contribution in [0.4, 0.5) is 13.6 Å². The maximum Gasteiger partial charge on any atom is 0.410 e. The number of amides is 1. The minimum absolute atomic E-state index is 0.0239. The first kappa shape index (κ1) is 42.7. The van der Waals surface area contributed by atoms with E-state index in [1.807, 2.05) is 36.4 Å². The van der Waals surface area contributed by atoms with Gasteiger partial charge in [-0.1, -0.05) is 100 Å². The van der Waals surface area contributed by atoms with Crippen molar-refractivity contribution in [2.24, 2.45) is 23.2 Å². The maximum atomic E-state index is 14.8. The lowest BCUT2D eigenvalue weighted by Crippen LogP contribution is -2.54. The Bertz CT molecular complexity index is 2190. The van der Waals surface area contributed by atoms with Crippen molar-refractivity contribution in [3.8, 4) is 0 Å². The van der Waals surface area contributed by atoms with Crippen LogP contribution < -0.4 is 0 Å². The Hall–Kier alpha value is -4.40. The number of aliphatic hydroxyl groups is 2. The second-order valence-corrected chi connectivity index (χ2v) is 18.6. The standard InChI is InChI=1S/C51H61F2NO5/c1-32(2)40-20-16-34(4)26-47(40)59-49(57)54(30-38-13-8-12-36-11-6-7-14-41(36)38)31-51(58)25-23-44-42-21-17-35(27-39(55)19-15-33(3)10-9-24-50(44,51)5)28-43(42)48(56)37-18-22-45(52)46(53)29-37/h6-8,10-14,17-18,21-22,28-29,32,34,39-40,44,47,55,58H,9,15-16,19-20,23-27,30-31H2,1-5H3/t34-,39-,40+,44-,47-,50-,51+/m0/s1. The summed E-state index contributed by atoms with van der Waals surface area (Å²) < 4.78 is 35.2. The van der Waals surface area contributed by atoms with Crippen LogP contribution in [0.5, 0.6) is 0 Å². The predicted molar refractivity (Wildman–Crippen MR) is 229 cm³/mol. The maximum absolute atomic E-state index is 14.8. The number of benzene rings is 4. The van der Waals surface area contributed by atoms with Crippen LogP contribution in [-0.4, -0.2) is 51.3 Å². The summed E-state index contributed by atoms with van der Waals surface area (Å²) >= 11 is 0. The van der Waals surface area contributed by atoms with Crippen LogP contribution in [0, 0.1) is 34.8 Å². The lowest BCUT2D eigenvalue weighted by molar-refractivity contribution is -0.0875. The van der Waals surface area contributed by atoms with Gasteiger partial charge in [-0.05, 0) is 140 Å². The molecule has 0 spiro atoms. The highest BCUT2D eigenvalue weighted by molar-refractivity contribution is 6.10. The Balaban J connectivity index is 1.31. The highest BCUT2D eigenvalue weighted by Crippen LogP contribution is 2.59. The third-order valence-electron chi connectivity index (χ3n) is 14.3. The molecule has 0 unspecified atom stereocenters. The molecule has 6 nitrogen and oxygen atoms in total. The van der Waals surface area contributed by atoms with E-state index in [-0.39, 0.29) is 36.6 Å². The molecule has 1 amide bonds. The molecule has 4 aromatic carbocycles. The molecule has 4 aromatic rings. The van der Waals surface area contributed by atoms with Gasteiger partial charge in [-0.3, -0.25) is 4.79 Å². The molecule has 7 atom stereocenters. The number of aliphatic hydroxyl groups excluding tert-OH is 1. The van der Waals surface area contributed by atoms with E-state index in [1.165, 1.54) is 6.07 Å². The van der Waals surface area contributed by atoms with Crippen LogP contribution in [0.15, 0.2) is 90.5 Å². The Morgan fingerprint density at radius 3 is 2.49 bits per heavy atom. The fourth-order valence-electron chi connectivity index (χ4n) is 10.6. The van der Waals surface area contributed by atoms with Gasteiger partial charge in [0.2, 0.25) is 0 Å². The largest absolute Gasteiger partial charge is 0.446 e. The average Bonchev–Trinajstić information content (AvgIpc) is 3.45. The summed E-state index contributed by atoms with van der Waals surface area (Å²) in [6, 6.07) is 23.1. The van der Waals surface area contributed by atoms with Crippen LogP contribution in [0.25, 0.3) is 10.8 Å². The second kappa shape index (κ2) is 17.7. The smallest absolute Gasteiger partial charge is 0.410 e. The molecule has 0 heterocycles. The SMILES string of the molecule is CC1=CCC[C@@]2(C)[C@@H](CC[C@@]2(O)CN(Cc2cccc3ccccc23)C(=O)O[C@H]2C[C@@H](C)CC[C@@H]2C(C)C)c2ccc(cc2C(=O)c2ccc(F)c(F)c2)C[C@@H](O)CC1. The first-order valence-corrected chi connectivity index (χ1v) is 21.8. The quantitative estimate of drug-likeness (QED) is 0.137. The van der Waals surface area contributed by atoms with Crippen molar-refractivity contribution >= 4 is 22.6 Å². The van der Waals surface area contributed by atoms with Crippen LogP contribution in [0.1, 0.15) is 131 Å². The molecule has 314 valence electrons. The molecule has 0 radical (unpaired) electrons. The van der Waals surface area contributed by atoms with E-state index in [1.54, 1.807) is 11.0 Å². The molecule has 0 aliphatic heterocycles. The number of allylic oxidation sites excluding steroid dienone is 2. The molecular formula is C51H61F2NO5. The first-order chi connectivity index (χ1) is 28.2. The molecule has 4 aliphatic carbocycles. The summed E-state index contributed by atoms with van der Waals surface area (Å²) in [6.07, 6.45) is 7.48. The number of ether oxygens (including phenoxy) is 1. The van der Waals surface area contributed by atoms with Crippen molar-refractivity contribution < 1.29 is 33.3 Å². The van der Waals surface area contributed by atoms with E-state index in [9.17, 15) is 28.6 Å². The van der Waals surface area contributed by atoms with Gasteiger partial charge in [-0.15, -0.1) is 0 Å². The zero-order chi connectivity index (χ0) is 42.1. The van der Waals surface area contributed by atoms with E-state index in [0.29, 0.717) is 67.9 Å². The molecule has 2 bridgehead atoms. The molecule has 0 saturated heterocycles. The van der Waals surface area contributed by atoms with Crippen molar-refractivity contribution in [2.75, 3.05) is 6.54 Å². The summed E-state index contributed by atoms with van der Waals surface area (Å²) in [4.78, 5) is 30.9. The fraction of sp³-hybridized carbons (Fsp3) is 0.490. The fourth-order valence-corrected chi connectivity index (χ4v) is 10.6. The number of fused-ring (bicyclic) bond motifs is 9. The highest BCUT2D eigenvalue weighted by Gasteiger charge is 2.58. The molecule has 0 aromatic heterocycles.